The van der Waals surface area contributed by atoms with Gasteiger partial charge in [-0.15, -0.1) is 5.10 Å². The number of halogens is 2. The van der Waals surface area contributed by atoms with Crippen molar-refractivity contribution >= 4 is 35.1 Å². The van der Waals surface area contributed by atoms with E-state index in [0.29, 0.717) is 21.2 Å². The molecule has 3 aromatic rings. The second-order valence-corrected chi connectivity index (χ2v) is 5.20. The molecule has 1 aromatic heterocycles. The van der Waals surface area contributed by atoms with Crippen molar-refractivity contribution in [2.75, 3.05) is 5.32 Å². The van der Waals surface area contributed by atoms with E-state index in [1.54, 1.807) is 48.5 Å². The minimum absolute atomic E-state index is 0.00475. The van der Waals surface area contributed by atoms with Gasteiger partial charge in [-0.05, 0) is 36.4 Å². The van der Waals surface area contributed by atoms with Gasteiger partial charge in [0.1, 0.15) is 0 Å². The highest BCUT2D eigenvalue weighted by atomic mass is 35.5. The van der Waals surface area contributed by atoms with E-state index in [-0.39, 0.29) is 17.8 Å². The fraction of sp³-hybridized carbons (Fsp3) is 0. The Balaban J connectivity index is 1.78. The molecule has 0 atom stereocenters. The van der Waals surface area contributed by atoms with Crippen LogP contribution in [0.1, 0.15) is 10.4 Å². The summed E-state index contributed by atoms with van der Waals surface area (Å²) in [6.07, 6.45) is 0. The van der Waals surface area contributed by atoms with Gasteiger partial charge in [-0.25, -0.2) is 0 Å². The van der Waals surface area contributed by atoms with Crippen molar-refractivity contribution in [2.45, 2.75) is 0 Å². The summed E-state index contributed by atoms with van der Waals surface area (Å²) in [5.41, 5.74) is 1.03. The largest absolute Gasteiger partial charge is 0.403 e. The summed E-state index contributed by atoms with van der Waals surface area (Å²) in [5.74, 6) is -0.136. The molecule has 0 radical (unpaired) electrons. The van der Waals surface area contributed by atoms with E-state index in [1.165, 1.54) is 0 Å². The zero-order valence-electron chi connectivity index (χ0n) is 11.1. The van der Waals surface area contributed by atoms with Gasteiger partial charge in [-0.2, -0.15) is 0 Å². The van der Waals surface area contributed by atoms with E-state index in [1.807, 2.05) is 0 Å². The van der Waals surface area contributed by atoms with Gasteiger partial charge in [0.2, 0.25) is 0 Å². The molecule has 0 aliphatic rings. The van der Waals surface area contributed by atoms with Crippen molar-refractivity contribution in [3.05, 3.63) is 64.1 Å². The molecule has 0 fully saturated rings. The molecule has 0 spiro atoms. The van der Waals surface area contributed by atoms with E-state index in [4.69, 9.17) is 27.6 Å². The van der Waals surface area contributed by atoms with Crippen LogP contribution in [0, 0.1) is 0 Å². The molecule has 5 nitrogen and oxygen atoms in total. The van der Waals surface area contributed by atoms with Crippen molar-refractivity contribution in [3.63, 3.8) is 0 Å². The molecule has 3 rings (SSSR count). The van der Waals surface area contributed by atoms with Crippen molar-refractivity contribution < 1.29 is 9.21 Å². The molecule has 1 amide bonds. The van der Waals surface area contributed by atoms with E-state index < -0.39 is 0 Å². The van der Waals surface area contributed by atoms with Crippen LogP contribution >= 0.6 is 23.2 Å². The molecule has 110 valence electrons. The molecule has 0 saturated heterocycles. The normalized spacial score (nSPS) is 10.5. The fourth-order valence-electron chi connectivity index (χ4n) is 1.79. The lowest BCUT2D eigenvalue weighted by Gasteiger charge is -2.00. The Morgan fingerprint density at radius 1 is 1.00 bits per heavy atom. The monoisotopic (exact) mass is 333 g/mol. The first-order chi connectivity index (χ1) is 10.6. The molecule has 0 bridgehead atoms. The average Bonchev–Trinajstić information content (AvgIpc) is 2.96. The number of carbonyl (C=O) groups is 1. The van der Waals surface area contributed by atoms with Gasteiger partial charge in [0.25, 0.3) is 11.8 Å². The smallest absolute Gasteiger partial charge is 0.322 e. The third kappa shape index (κ3) is 3.10. The van der Waals surface area contributed by atoms with Crippen LogP contribution in [-0.4, -0.2) is 16.1 Å². The SMILES string of the molecule is O=C(Nc1nnc(-c2ccccc2Cl)o1)c1ccc(Cl)cc1. The zero-order valence-corrected chi connectivity index (χ0v) is 12.6. The number of nitrogens with one attached hydrogen (secondary N) is 1. The number of aromatic nitrogens is 2. The third-order valence-electron chi connectivity index (χ3n) is 2.86. The van der Waals surface area contributed by atoms with Crippen molar-refractivity contribution in [1.82, 2.24) is 10.2 Å². The first-order valence-electron chi connectivity index (χ1n) is 6.29. The Morgan fingerprint density at radius 3 is 2.45 bits per heavy atom. The van der Waals surface area contributed by atoms with Crippen LogP contribution in [0.15, 0.2) is 52.9 Å². The second-order valence-electron chi connectivity index (χ2n) is 4.35. The molecular weight excluding hydrogens is 325 g/mol. The number of benzene rings is 2. The lowest BCUT2D eigenvalue weighted by Crippen LogP contribution is -2.11. The van der Waals surface area contributed by atoms with Gasteiger partial charge in [0.15, 0.2) is 0 Å². The van der Waals surface area contributed by atoms with Gasteiger partial charge >= 0.3 is 6.01 Å². The number of nitrogens with zero attached hydrogens (tertiary/aromatic N) is 2. The van der Waals surface area contributed by atoms with Crippen LogP contribution in [0.5, 0.6) is 0 Å². The lowest BCUT2D eigenvalue weighted by molar-refractivity contribution is 0.102. The summed E-state index contributed by atoms with van der Waals surface area (Å²) in [4.78, 5) is 12.0. The molecule has 7 heteroatoms. The van der Waals surface area contributed by atoms with Crippen LogP contribution in [0.3, 0.4) is 0 Å². The van der Waals surface area contributed by atoms with Gasteiger partial charge in [0.05, 0.1) is 10.6 Å². The van der Waals surface area contributed by atoms with Crippen molar-refractivity contribution in [2.24, 2.45) is 0 Å². The number of hydrogen-bond acceptors (Lipinski definition) is 4. The summed E-state index contributed by atoms with van der Waals surface area (Å²) in [6.45, 7) is 0. The highest BCUT2D eigenvalue weighted by molar-refractivity contribution is 6.33. The number of anilines is 1. The van der Waals surface area contributed by atoms with E-state index in [0.717, 1.165) is 0 Å². The predicted molar refractivity (Wildman–Crippen MR) is 84.1 cm³/mol. The van der Waals surface area contributed by atoms with E-state index in [2.05, 4.69) is 15.5 Å². The topological polar surface area (TPSA) is 68.0 Å². The van der Waals surface area contributed by atoms with Gasteiger partial charge in [0, 0.05) is 10.6 Å². The predicted octanol–water partition coefficient (Wildman–Crippen LogP) is 4.30. The van der Waals surface area contributed by atoms with Gasteiger partial charge in [-0.3, -0.25) is 10.1 Å². The lowest BCUT2D eigenvalue weighted by atomic mass is 10.2. The number of rotatable bonds is 3. The quantitative estimate of drug-likeness (QED) is 0.776. The average molecular weight is 334 g/mol. The molecule has 22 heavy (non-hydrogen) atoms. The van der Waals surface area contributed by atoms with E-state index >= 15 is 0 Å². The summed E-state index contributed by atoms with van der Waals surface area (Å²) in [7, 11) is 0. The molecule has 0 unspecified atom stereocenters. The maximum Gasteiger partial charge on any atom is 0.322 e. The third-order valence-corrected chi connectivity index (χ3v) is 3.44. The fourth-order valence-corrected chi connectivity index (χ4v) is 2.13. The highest BCUT2D eigenvalue weighted by Gasteiger charge is 2.14. The Morgan fingerprint density at radius 2 is 1.73 bits per heavy atom. The maximum atomic E-state index is 12.0. The van der Waals surface area contributed by atoms with Crippen LogP contribution in [-0.2, 0) is 0 Å². The number of amides is 1. The Bertz CT molecular complexity index is 816. The molecule has 1 N–H and O–H groups in total. The van der Waals surface area contributed by atoms with Crippen LogP contribution in [0.2, 0.25) is 10.0 Å². The summed E-state index contributed by atoms with van der Waals surface area (Å²) in [6, 6.07) is 13.5. The first kappa shape index (κ1) is 14.6. The summed E-state index contributed by atoms with van der Waals surface area (Å²) >= 11 is 11.8. The Labute approximate surface area is 135 Å². The molecule has 0 saturated carbocycles. The minimum Gasteiger partial charge on any atom is -0.403 e. The molecular formula is C15H9Cl2N3O2. The minimum atomic E-state index is -0.369. The Hall–Kier alpha value is -2.37. The molecule has 2 aromatic carbocycles. The number of carbonyl (C=O) groups excluding carboxylic acids is 1. The zero-order chi connectivity index (χ0) is 15.5. The molecule has 0 aliphatic heterocycles. The molecule has 0 aliphatic carbocycles. The van der Waals surface area contributed by atoms with Crippen LogP contribution < -0.4 is 5.32 Å². The first-order valence-corrected chi connectivity index (χ1v) is 7.04. The van der Waals surface area contributed by atoms with E-state index in [9.17, 15) is 4.79 Å². The second kappa shape index (κ2) is 6.17. The van der Waals surface area contributed by atoms with Crippen molar-refractivity contribution in [3.8, 4) is 11.5 Å². The Kier molecular flexibility index (Phi) is 4.09. The summed E-state index contributed by atoms with van der Waals surface area (Å²) < 4.78 is 5.40. The van der Waals surface area contributed by atoms with Crippen LogP contribution in [0.25, 0.3) is 11.5 Å². The van der Waals surface area contributed by atoms with Gasteiger partial charge < -0.3 is 4.42 Å². The van der Waals surface area contributed by atoms with Gasteiger partial charge in [-0.1, -0.05) is 40.4 Å². The summed E-state index contributed by atoms with van der Waals surface area (Å²) in [5, 5.41) is 11.2. The number of hydrogen-bond donors (Lipinski definition) is 1. The maximum absolute atomic E-state index is 12.0. The van der Waals surface area contributed by atoms with Crippen LogP contribution in [0.4, 0.5) is 6.01 Å². The van der Waals surface area contributed by atoms with Crippen molar-refractivity contribution in [1.29, 1.82) is 0 Å². The highest BCUT2D eigenvalue weighted by Crippen LogP contribution is 2.27. The molecule has 1 heterocycles. The standard InChI is InChI=1S/C15H9Cl2N3O2/c16-10-7-5-9(6-8-10)13(21)18-15-20-19-14(22-15)11-3-1-2-4-12(11)17/h1-8H,(H,18,20,21).